The summed E-state index contributed by atoms with van der Waals surface area (Å²) >= 11 is 4.72. The SMILES string of the molecule is Cc1cc2ncnc(N3CCC(CCP(O)(O)=S)CC3)c2cc1C. The summed E-state index contributed by atoms with van der Waals surface area (Å²) < 4.78 is 0. The Morgan fingerprint density at radius 2 is 1.83 bits per heavy atom. The van der Waals surface area contributed by atoms with Crippen LogP contribution in [0.3, 0.4) is 0 Å². The van der Waals surface area contributed by atoms with E-state index in [1.165, 1.54) is 11.1 Å². The Morgan fingerprint density at radius 3 is 2.50 bits per heavy atom. The summed E-state index contributed by atoms with van der Waals surface area (Å²) in [5.74, 6) is 1.52. The van der Waals surface area contributed by atoms with Gasteiger partial charge in [0.1, 0.15) is 12.1 Å². The average Bonchev–Trinajstić information content (AvgIpc) is 2.53. The predicted molar refractivity (Wildman–Crippen MR) is 102 cm³/mol. The maximum absolute atomic E-state index is 9.40. The van der Waals surface area contributed by atoms with E-state index in [2.05, 4.69) is 40.8 Å². The molecule has 0 saturated carbocycles. The quantitative estimate of drug-likeness (QED) is 0.811. The van der Waals surface area contributed by atoms with Gasteiger partial charge in [-0.15, -0.1) is 0 Å². The van der Waals surface area contributed by atoms with E-state index in [0.29, 0.717) is 12.1 Å². The Kier molecular flexibility index (Phi) is 5.21. The van der Waals surface area contributed by atoms with E-state index in [0.717, 1.165) is 49.1 Å². The summed E-state index contributed by atoms with van der Waals surface area (Å²) in [6.45, 7) is 3.04. The Morgan fingerprint density at radius 1 is 1.17 bits per heavy atom. The topological polar surface area (TPSA) is 69.5 Å². The molecular formula is C17H24N3O2PS. The molecule has 0 bridgehead atoms. The van der Waals surface area contributed by atoms with Gasteiger partial charge in [-0.25, -0.2) is 9.97 Å². The van der Waals surface area contributed by atoms with Crippen LogP contribution in [0.15, 0.2) is 18.5 Å². The Balaban J connectivity index is 1.74. The standard InChI is InChI=1S/C17H24N3O2PS/c1-12-9-15-16(10-13(12)2)18-11-19-17(15)20-6-3-14(4-7-20)5-8-23(21,22)24/h9-11,14H,3-8H2,1-2H3,(H2,21,22,24). The zero-order valence-electron chi connectivity index (χ0n) is 14.1. The summed E-state index contributed by atoms with van der Waals surface area (Å²) in [6, 6.07) is 4.30. The van der Waals surface area contributed by atoms with Crippen LogP contribution in [0.4, 0.5) is 5.82 Å². The van der Waals surface area contributed by atoms with Crippen molar-refractivity contribution in [1.82, 2.24) is 9.97 Å². The molecule has 1 fully saturated rings. The first-order valence-electron chi connectivity index (χ1n) is 8.35. The second-order valence-corrected chi connectivity index (χ2v) is 10.3. The molecule has 0 amide bonds. The first-order chi connectivity index (χ1) is 11.3. The molecule has 1 aliphatic heterocycles. The maximum atomic E-state index is 9.40. The van der Waals surface area contributed by atoms with Crippen molar-refractivity contribution < 1.29 is 9.79 Å². The van der Waals surface area contributed by atoms with Crippen LogP contribution in [0.2, 0.25) is 0 Å². The third-order valence-electron chi connectivity index (χ3n) is 4.97. The molecule has 3 rings (SSSR count). The van der Waals surface area contributed by atoms with Gasteiger partial charge in [-0.05, 0) is 74.1 Å². The summed E-state index contributed by atoms with van der Waals surface area (Å²) in [5.41, 5.74) is 3.49. The molecule has 130 valence electrons. The normalized spacial score (nSPS) is 16.8. The number of anilines is 1. The third-order valence-corrected chi connectivity index (χ3v) is 6.36. The summed E-state index contributed by atoms with van der Waals surface area (Å²) in [5, 5.41) is 1.11. The molecule has 0 aliphatic carbocycles. The molecule has 1 saturated heterocycles. The number of benzene rings is 1. The van der Waals surface area contributed by atoms with Crippen LogP contribution >= 0.6 is 6.49 Å². The number of piperidine rings is 1. The molecule has 0 unspecified atom stereocenters. The molecule has 0 atom stereocenters. The number of hydrogen-bond donors (Lipinski definition) is 2. The van der Waals surface area contributed by atoms with Gasteiger partial charge in [-0.2, -0.15) is 0 Å². The zero-order chi connectivity index (χ0) is 17.3. The van der Waals surface area contributed by atoms with Gasteiger partial charge < -0.3 is 14.7 Å². The monoisotopic (exact) mass is 365 g/mol. The van der Waals surface area contributed by atoms with Gasteiger partial charge in [0.2, 0.25) is 0 Å². The molecule has 2 aromatic rings. The first kappa shape index (κ1) is 17.7. The van der Waals surface area contributed by atoms with E-state index in [1.807, 2.05) is 0 Å². The van der Waals surface area contributed by atoms with E-state index in [-0.39, 0.29) is 0 Å². The molecule has 2 N–H and O–H groups in total. The lowest BCUT2D eigenvalue weighted by Crippen LogP contribution is -2.34. The molecule has 1 aromatic carbocycles. The lowest BCUT2D eigenvalue weighted by molar-refractivity contribution is 0.386. The number of nitrogens with zero attached hydrogens (tertiary/aromatic N) is 3. The molecule has 0 radical (unpaired) electrons. The lowest BCUT2D eigenvalue weighted by atomic mass is 9.94. The highest BCUT2D eigenvalue weighted by molar-refractivity contribution is 8.09. The van der Waals surface area contributed by atoms with Crippen LogP contribution in [0.5, 0.6) is 0 Å². The van der Waals surface area contributed by atoms with Gasteiger partial charge in [0, 0.05) is 24.6 Å². The van der Waals surface area contributed by atoms with E-state index >= 15 is 0 Å². The maximum Gasteiger partial charge on any atom is 0.183 e. The van der Waals surface area contributed by atoms with Crippen LogP contribution in [0.25, 0.3) is 10.9 Å². The van der Waals surface area contributed by atoms with Crippen LogP contribution in [-0.2, 0) is 11.8 Å². The average molecular weight is 365 g/mol. The van der Waals surface area contributed by atoms with Crippen molar-refractivity contribution in [3.8, 4) is 0 Å². The van der Waals surface area contributed by atoms with Crippen molar-refractivity contribution in [3.05, 3.63) is 29.6 Å². The predicted octanol–water partition coefficient (Wildman–Crippen LogP) is 3.15. The van der Waals surface area contributed by atoms with Gasteiger partial charge in [0.15, 0.2) is 6.49 Å². The van der Waals surface area contributed by atoms with E-state index < -0.39 is 6.49 Å². The highest BCUT2D eigenvalue weighted by Crippen LogP contribution is 2.38. The van der Waals surface area contributed by atoms with Gasteiger partial charge in [-0.3, -0.25) is 0 Å². The molecule has 1 aromatic heterocycles. The fourth-order valence-corrected chi connectivity index (χ4v) is 4.36. The number of fused-ring (bicyclic) bond motifs is 1. The Hall–Kier alpha value is -1.07. The fourth-order valence-electron chi connectivity index (χ4n) is 3.34. The van der Waals surface area contributed by atoms with E-state index in [4.69, 9.17) is 11.8 Å². The molecule has 7 heteroatoms. The molecule has 24 heavy (non-hydrogen) atoms. The van der Waals surface area contributed by atoms with E-state index in [9.17, 15) is 9.79 Å². The fraction of sp³-hybridized carbons (Fsp3) is 0.529. The van der Waals surface area contributed by atoms with Crippen molar-refractivity contribution >= 4 is 35.0 Å². The molecule has 5 nitrogen and oxygen atoms in total. The lowest BCUT2D eigenvalue weighted by Gasteiger charge is -2.33. The van der Waals surface area contributed by atoms with Crippen LogP contribution in [0.1, 0.15) is 30.4 Å². The highest BCUT2D eigenvalue weighted by Gasteiger charge is 2.23. The second-order valence-electron chi connectivity index (χ2n) is 6.76. The minimum Gasteiger partial charge on any atom is -0.356 e. The highest BCUT2D eigenvalue weighted by atomic mass is 32.5. The van der Waals surface area contributed by atoms with Crippen LogP contribution < -0.4 is 4.90 Å². The minimum absolute atomic E-state index is 0.363. The Labute approximate surface area is 147 Å². The molecular weight excluding hydrogens is 341 g/mol. The Bertz CT molecular complexity index is 785. The van der Waals surface area contributed by atoms with Gasteiger partial charge in [0.05, 0.1) is 5.52 Å². The van der Waals surface area contributed by atoms with Crippen molar-refractivity contribution in [1.29, 1.82) is 0 Å². The van der Waals surface area contributed by atoms with Gasteiger partial charge in [-0.1, -0.05) is 0 Å². The number of rotatable bonds is 4. The molecule has 1 aliphatic rings. The minimum atomic E-state index is -3.05. The summed E-state index contributed by atoms with van der Waals surface area (Å²) in [7, 11) is 0. The number of aryl methyl sites for hydroxylation is 2. The number of aromatic nitrogens is 2. The smallest absolute Gasteiger partial charge is 0.183 e. The van der Waals surface area contributed by atoms with Crippen molar-refractivity contribution in [2.45, 2.75) is 33.1 Å². The van der Waals surface area contributed by atoms with Crippen LogP contribution in [0, 0.1) is 19.8 Å². The van der Waals surface area contributed by atoms with Crippen molar-refractivity contribution in [3.63, 3.8) is 0 Å². The molecule has 0 spiro atoms. The summed E-state index contributed by atoms with van der Waals surface area (Å²) in [4.78, 5) is 30.1. The summed E-state index contributed by atoms with van der Waals surface area (Å²) in [6.07, 6.45) is 4.88. The van der Waals surface area contributed by atoms with Crippen molar-refractivity contribution in [2.75, 3.05) is 24.2 Å². The van der Waals surface area contributed by atoms with Gasteiger partial charge >= 0.3 is 0 Å². The second kappa shape index (κ2) is 7.04. The zero-order valence-corrected chi connectivity index (χ0v) is 15.9. The number of hydrogen-bond acceptors (Lipinski definition) is 4. The van der Waals surface area contributed by atoms with E-state index in [1.54, 1.807) is 6.33 Å². The van der Waals surface area contributed by atoms with Crippen molar-refractivity contribution in [2.24, 2.45) is 5.92 Å². The largest absolute Gasteiger partial charge is 0.356 e. The third kappa shape index (κ3) is 4.12. The first-order valence-corrected chi connectivity index (χ1v) is 11.2. The molecule has 2 heterocycles. The van der Waals surface area contributed by atoms with Gasteiger partial charge in [0.25, 0.3) is 0 Å². The van der Waals surface area contributed by atoms with Crippen LogP contribution in [-0.4, -0.2) is 39.0 Å².